The van der Waals surface area contributed by atoms with E-state index in [4.69, 9.17) is 13.9 Å². The number of hydrogen-bond donors (Lipinski definition) is 0. The molecule has 194 valence electrons. The molecule has 0 amide bonds. The third kappa shape index (κ3) is 8.53. The van der Waals surface area contributed by atoms with Crippen LogP contribution in [0.15, 0.2) is 24.3 Å². The highest BCUT2D eigenvalue weighted by molar-refractivity contribution is 6.74. The fourth-order valence-electron chi connectivity index (χ4n) is 3.45. The Kier molecular flexibility index (Phi) is 9.77. The van der Waals surface area contributed by atoms with Gasteiger partial charge in [-0.25, -0.2) is 4.79 Å². The molecule has 0 radical (unpaired) electrons. The molecular formula is C28H48O5Si. The summed E-state index contributed by atoms with van der Waals surface area (Å²) in [7, 11) is -0.469. The van der Waals surface area contributed by atoms with Crippen LogP contribution in [0.3, 0.4) is 0 Å². The summed E-state index contributed by atoms with van der Waals surface area (Å²) in [6, 6.07) is 7.14. The summed E-state index contributed by atoms with van der Waals surface area (Å²) in [5.74, 6) is -0.699. The van der Waals surface area contributed by atoms with Crippen LogP contribution >= 0.6 is 0 Å². The van der Waals surface area contributed by atoms with Gasteiger partial charge >= 0.3 is 11.9 Å². The lowest BCUT2D eigenvalue weighted by Gasteiger charge is -2.39. The number of carbonyl (C=O) groups is 2. The average molecular weight is 493 g/mol. The van der Waals surface area contributed by atoms with Gasteiger partial charge in [0, 0.05) is 6.61 Å². The zero-order valence-corrected chi connectivity index (χ0v) is 24.7. The van der Waals surface area contributed by atoms with Crippen LogP contribution in [0.1, 0.15) is 97.5 Å². The zero-order chi connectivity index (χ0) is 26.6. The van der Waals surface area contributed by atoms with Crippen LogP contribution in [0, 0.1) is 5.41 Å². The lowest BCUT2D eigenvalue weighted by atomic mass is 9.75. The van der Waals surface area contributed by atoms with Crippen molar-refractivity contribution >= 4 is 20.3 Å². The van der Waals surface area contributed by atoms with E-state index in [1.807, 2.05) is 33.8 Å². The first-order valence-corrected chi connectivity index (χ1v) is 15.2. The van der Waals surface area contributed by atoms with E-state index >= 15 is 0 Å². The molecule has 0 saturated carbocycles. The van der Waals surface area contributed by atoms with Gasteiger partial charge < -0.3 is 13.9 Å². The Bertz CT molecular complexity index is 845. The van der Waals surface area contributed by atoms with Gasteiger partial charge in [0.05, 0.1) is 18.1 Å². The Labute approximate surface area is 209 Å². The predicted octanol–water partition coefficient (Wildman–Crippen LogP) is 7.29. The van der Waals surface area contributed by atoms with Crippen molar-refractivity contribution in [1.29, 1.82) is 0 Å². The summed E-state index contributed by atoms with van der Waals surface area (Å²) < 4.78 is 17.2. The molecule has 1 aromatic carbocycles. The van der Waals surface area contributed by atoms with E-state index in [0.717, 1.165) is 18.4 Å². The van der Waals surface area contributed by atoms with Crippen molar-refractivity contribution in [3.8, 4) is 0 Å². The molecule has 1 atom stereocenters. The minimum absolute atomic E-state index is 0.0156. The molecule has 34 heavy (non-hydrogen) atoms. The standard InChI is InChI=1S/C28H48O5Si/c1-25(2,3)33-24(30)28(9,22-16-13-15-21(19-22)23(29)31-10)18-14-17-27(7,8)20-32-34(11,12)26(4,5)6/h13,15-16,19H,14,17-18,20H2,1-12H3. The van der Waals surface area contributed by atoms with Crippen molar-refractivity contribution in [3.63, 3.8) is 0 Å². The molecule has 0 N–H and O–H groups in total. The van der Waals surface area contributed by atoms with E-state index in [-0.39, 0.29) is 16.4 Å². The topological polar surface area (TPSA) is 61.8 Å². The molecule has 0 heterocycles. The molecule has 1 aromatic rings. The summed E-state index contributed by atoms with van der Waals surface area (Å²) >= 11 is 0. The van der Waals surface area contributed by atoms with Crippen LogP contribution < -0.4 is 0 Å². The Morgan fingerprint density at radius 2 is 1.50 bits per heavy atom. The van der Waals surface area contributed by atoms with Crippen LogP contribution in [-0.2, 0) is 24.1 Å². The number of benzene rings is 1. The normalized spacial score (nSPS) is 14.9. The van der Waals surface area contributed by atoms with Crippen molar-refractivity contribution in [2.24, 2.45) is 5.41 Å². The first-order chi connectivity index (χ1) is 15.2. The summed E-state index contributed by atoms with van der Waals surface area (Å²) in [5, 5.41) is 0.170. The van der Waals surface area contributed by atoms with E-state index in [9.17, 15) is 9.59 Å². The molecule has 5 nitrogen and oxygen atoms in total. The minimum atomic E-state index is -1.83. The van der Waals surface area contributed by atoms with Gasteiger partial charge in [0.15, 0.2) is 8.32 Å². The van der Waals surface area contributed by atoms with Crippen LogP contribution in [0.2, 0.25) is 18.1 Å². The number of hydrogen-bond acceptors (Lipinski definition) is 5. The molecule has 0 aliphatic carbocycles. The monoisotopic (exact) mass is 492 g/mol. The third-order valence-electron chi connectivity index (χ3n) is 6.93. The molecule has 6 heteroatoms. The maximum absolute atomic E-state index is 13.4. The Balaban J connectivity index is 3.08. The van der Waals surface area contributed by atoms with Crippen molar-refractivity contribution < 1.29 is 23.5 Å². The third-order valence-corrected chi connectivity index (χ3v) is 11.4. The average Bonchev–Trinajstić information content (AvgIpc) is 2.69. The largest absolute Gasteiger partial charge is 0.465 e. The fraction of sp³-hybridized carbons (Fsp3) is 0.714. The van der Waals surface area contributed by atoms with Gasteiger partial charge in [-0.1, -0.05) is 53.2 Å². The molecule has 0 saturated heterocycles. The van der Waals surface area contributed by atoms with E-state index in [0.29, 0.717) is 18.6 Å². The van der Waals surface area contributed by atoms with Gasteiger partial charge in [-0.2, -0.15) is 0 Å². The lowest BCUT2D eigenvalue weighted by molar-refractivity contribution is -0.162. The summed E-state index contributed by atoms with van der Waals surface area (Å²) in [4.78, 5) is 25.5. The van der Waals surface area contributed by atoms with Gasteiger partial charge in [-0.3, -0.25) is 4.79 Å². The SMILES string of the molecule is COC(=O)c1cccc(C(C)(CCCC(C)(C)CO[Si](C)(C)C(C)(C)C)C(=O)OC(C)(C)C)c1. The first-order valence-electron chi connectivity index (χ1n) is 12.3. The molecule has 0 bridgehead atoms. The maximum atomic E-state index is 13.4. The molecule has 0 spiro atoms. The highest BCUT2D eigenvalue weighted by Gasteiger charge is 2.41. The first kappa shape index (κ1) is 30.4. The number of ether oxygens (including phenoxy) is 2. The van der Waals surface area contributed by atoms with Crippen molar-refractivity contribution in [2.75, 3.05) is 13.7 Å². The Morgan fingerprint density at radius 1 is 0.912 bits per heavy atom. The highest BCUT2D eigenvalue weighted by Crippen LogP contribution is 2.39. The minimum Gasteiger partial charge on any atom is -0.465 e. The molecule has 1 rings (SSSR count). The van der Waals surface area contributed by atoms with E-state index < -0.39 is 25.3 Å². The van der Waals surface area contributed by atoms with Crippen molar-refractivity contribution in [2.45, 2.75) is 111 Å². The van der Waals surface area contributed by atoms with E-state index in [1.165, 1.54) is 7.11 Å². The number of methoxy groups -OCH3 is 1. The highest BCUT2D eigenvalue weighted by atomic mass is 28.4. The van der Waals surface area contributed by atoms with E-state index in [2.05, 4.69) is 47.7 Å². The molecule has 0 aromatic heterocycles. The number of rotatable bonds is 10. The van der Waals surface area contributed by atoms with Crippen LogP contribution in [0.5, 0.6) is 0 Å². The molecular weight excluding hydrogens is 444 g/mol. The second kappa shape index (κ2) is 10.9. The molecule has 0 fully saturated rings. The van der Waals surface area contributed by atoms with Gasteiger partial charge in [0.25, 0.3) is 0 Å². The van der Waals surface area contributed by atoms with Crippen LogP contribution in [0.25, 0.3) is 0 Å². The number of esters is 2. The summed E-state index contributed by atoms with van der Waals surface area (Å²) in [6.45, 7) is 24.0. The van der Waals surface area contributed by atoms with Gasteiger partial charge in [0.1, 0.15) is 5.60 Å². The number of carbonyl (C=O) groups excluding carboxylic acids is 2. The van der Waals surface area contributed by atoms with Crippen molar-refractivity contribution in [3.05, 3.63) is 35.4 Å². The molecule has 1 unspecified atom stereocenters. The van der Waals surface area contributed by atoms with Crippen LogP contribution in [-0.4, -0.2) is 39.6 Å². The summed E-state index contributed by atoms with van der Waals surface area (Å²) in [5.41, 5.74) is -0.307. The Hall–Kier alpha value is -1.66. The quantitative estimate of drug-likeness (QED) is 0.253. The van der Waals surface area contributed by atoms with Gasteiger partial charge in [-0.05, 0) is 81.8 Å². The van der Waals surface area contributed by atoms with Crippen molar-refractivity contribution in [1.82, 2.24) is 0 Å². The maximum Gasteiger partial charge on any atom is 0.337 e. The smallest absolute Gasteiger partial charge is 0.337 e. The predicted molar refractivity (Wildman–Crippen MR) is 142 cm³/mol. The van der Waals surface area contributed by atoms with Gasteiger partial charge in [0.2, 0.25) is 0 Å². The lowest BCUT2D eigenvalue weighted by Crippen LogP contribution is -2.43. The second-order valence-corrected chi connectivity index (χ2v) is 17.8. The zero-order valence-electron chi connectivity index (χ0n) is 23.7. The fourth-order valence-corrected chi connectivity index (χ4v) is 4.63. The van der Waals surface area contributed by atoms with E-state index in [1.54, 1.807) is 18.2 Å². The van der Waals surface area contributed by atoms with Gasteiger partial charge in [-0.15, -0.1) is 0 Å². The Morgan fingerprint density at radius 3 is 2.00 bits per heavy atom. The summed E-state index contributed by atoms with van der Waals surface area (Å²) in [6.07, 6.45) is 2.35. The van der Waals surface area contributed by atoms with Crippen LogP contribution in [0.4, 0.5) is 0 Å². The second-order valence-electron chi connectivity index (χ2n) is 13.0. The molecule has 0 aliphatic rings. The molecule has 0 aliphatic heterocycles.